The zero-order valence-electron chi connectivity index (χ0n) is 15.8. The summed E-state index contributed by atoms with van der Waals surface area (Å²) in [7, 11) is 0. The van der Waals surface area contributed by atoms with Crippen molar-refractivity contribution in [2.45, 2.75) is 26.1 Å². The molecule has 0 unspecified atom stereocenters. The van der Waals surface area contributed by atoms with Crippen LogP contribution in [-0.2, 0) is 9.53 Å². The number of carbonyl (C=O) groups is 2. The van der Waals surface area contributed by atoms with Crippen molar-refractivity contribution in [2.75, 3.05) is 13.1 Å². The number of hydrogen-bond donors (Lipinski definition) is 2. The zero-order chi connectivity index (χ0) is 20.7. The normalized spacial score (nSPS) is 18.9. The SMILES string of the molecule is CC(C)[C@H]1CN(C(=O)c2ccc(O)c(F)c2)C[C@@H](c2ccccc2)O1.O=CO. The molecule has 2 N–H and O–H groups in total. The van der Waals surface area contributed by atoms with Gasteiger partial charge in [-0.25, -0.2) is 4.39 Å². The van der Waals surface area contributed by atoms with Crippen LogP contribution in [0.15, 0.2) is 48.5 Å². The first-order chi connectivity index (χ1) is 13.4. The number of carboxylic acid groups (broad SMARTS) is 1. The van der Waals surface area contributed by atoms with Crippen molar-refractivity contribution in [2.24, 2.45) is 5.92 Å². The molecule has 3 rings (SSSR count). The van der Waals surface area contributed by atoms with Gasteiger partial charge in [0.15, 0.2) is 11.6 Å². The average molecular weight is 389 g/mol. The maximum absolute atomic E-state index is 13.6. The van der Waals surface area contributed by atoms with Crippen LogP contribution in [0.1, 0.15) is 35.9 Å². The Bertz CT molecular complexity index is 797. The second kappa shape index (κ2) is 9.85. The molecule has 0 radical (unpaired) electrons. The van der Waals surface area contributed by atoms with E-state index in [0.29, 0.717) is 13.1 Å². The van der Waals surface area contributed by atoms with Gasteiger partial charge in [-0.1, -0.05) is 44.2 Å². The van der Waals surface area contributed by atoms with Gasteiger partial charge in [-0.05, 0) is 29.7 Å². The molecule has 1 aliphatic heterocycles. The number of carbonyl (C=O) groups excluding carboxylic acids is 1. The molecule has 0 spiro atoms. The Morgan fingerprint density at radius 3 is 2.43 bits per heavy atom. The molecule has 0 aliphatic carbocycles. The van der Waals surface area contributed by atoms with Crippen LogP contribution in [0.5, 0.6) is 5.75 Å². The quantitative estimate of drug-likeness (QED) is 0.785. The summed E-state index contributed by atoms with van der Waals surface area (Å²) < 4.78 is 19.8. The first-order valence-corrected chi connectivity index (χ1v) is 8.93. The number of hydrogen-bond acceptors (Lipinski definition) is 4. The third-order valence-corrected chi connectivity index (χ3v) is 4.52. The minimum Gasteiger partial charge on any atom is -0.505 e. The molecule has 1 amide bonds. The zero-order valence-corrected chi connectivity index (χ0v) is 15.8. The van der Waals surface area contributed by atoms with Crippen molar-refractivity contribution in [3.63, 3.8) is 0 Å². The van der Waals surface area contributed by atoms with E-state index in [9.17, 15) is 14.3 Å². The molecule has 1 heterocycles. The van der Waals surface area contributed by atoms with Crippen molar-refractivity contribution >= 4 is 12.4 Å². The molecule has 1 aliphatic rings. The van der Waals surface area contributed by atoms with E-state index in [-0.39, 0.29) is 36.1 Å². The lowest BCUT2D eigenvalue weighted by molar-refractivity contribution is -0.122. The fourth-order valence-corrected chi connectivity index (χ4v) is 3.00. The second-order valence-electron chi connectivity index (χ2n) is 6.80. The molecule has 150 valence electrons. The summed E-state index contributed by atoms with van der Waals surface area (Å²) in [4.78, 5) is 22.9. The van der Waals surface area contributed by atoms with Gasteiger partial charge in [0, 0.05) is 12.1 Å². The number of benzene rings is 2. The molecular weight excluding hydrogens is 365 g/mol. The van der Waals surface area contributed by atoms with E-state index < -0.39 is 11.6 Å². The van der Waals surface area contributed by atoms with Gasteiger partial charge >= 0.3 is 0 Å². The van der Waals surface area contributed by atoms with Crippen LogP contribution in [0.2, 0.25) is 0 Å². The molecule has 6 nitrogen and oxygen atoms in total. The molecule has 2 aromatic carbocycles. The topological polar surface area (TPSA) is 87.1 Å². The highest BCUT2D eigenvalue weighted by Crippen LogP contribution is 2.29. The first-order valence-electron chi connectivity index (χ1n) is 8.93. The Morgan fingerprint density at radius 1 is 1.21 bits per heavy atom. The molecule has 7 heteroatoms. The predicted molar refractivity (Wildman–Crippen MR) is 102 cm³/mol. The van der Waals surface area contributed by atoms with Crippen LogP contribution in [-0.4, -0.2) is 46.7 Å². The molecular formula is C21H24FNO5. The lowest BCUT2D eigenvalue weighted by atomic mass is 10.0. The molecule has 0 bridgehead atoms. The molecule has 2 aromatic rings. The molecule has 28 heavy (non-hydrogen) atoms. The number of amides is 1. The van der Waals surface area contributed by atoms with Gasteiger partial charge < -0.3 is 19.8 Å². The van der Waals surface area contributed by atoms with Crippen LogP contribution in [0.3, 0.4) is 0 Å². The van der Waals surface area contributed by atoms with Gasteiger partial charge in [0.2, 0.25) is 0 Å². The van der Waals surface area contributed by atoms with Gasteiger partial charge in [-0.15, -0.1) is 0 Å². The average Bonchev–Trinajstić information content (AvgIpc) is 2.70. The molecule has 0 saturated carbocycles. The molecule has 2 atom stereocenters. The second-order valence-corrected chi connectivity index (χ2v) is 6.80. The van der Waals surface area contributed by atoms with Crippen molar-refractivity contribution in [3.8, 4) is 5.75 Å². The smallest absolute Gasteiger partial charge is 0.290 e. The minimum absolute atomic E-state index is 0.0927. The fourth-order valence-electron chi connectivity index (χ4n) is 3.00. The van der Waals surface area contributed by atoms with Gasteiger partial charge in [-0.2, -0.15) is 0 Å². The molecule has 1 saturated heterocycles. The van der Waals surface area contributed by atoms with Crippen molar-refractivity contribution in [1.29, 1.82) is 0 Å². The number of phenolic OH excluding ortho intramolecular Hbond substituents is 1. The van der Waals surface area contributed by atoms with E-state index >= 15 is 0 Å². The van der Waals surface area contributed by atoms with Crippen LogP contribution in [0, 0.1) is 11.7 Å². The number of rotatable bonds is 3. The van der Waals surface area contributed by atoms with E-state index in [2.05, 4.69) is 13.8 Å². The summed E-state index contributed by atoms with van der Waals surface area (Å²) in [5.74, 6) is -1.26. The summed E-state index contributed by atoms with van der Waals surface area (Å²) >= 11 is 0. The highest BCUT2D eigenvalue weighted by molar-refractivity contribution is 5.94. The van der Waals surface area contributed by atoms with Crippen molar-refractivity contribution < 1.29 is 28.9 Å². The Kier molecular flexibility index (Phi) is 7.52. The van der Waals surface area contributed by atoms with E-state index in [1.165, 1.54) is 12.1 Å². The summed E-state index contributed by atoms with van der Waals surface area (Å²) in [5, 5.41) is 16.2. The van der Waals surface area contributed by atoms with Gasteiger partial charge in [0.05, 0.1) is 12.6 Å². The monoisotopic (exact) mass is 389 g/mol. The van der Waals surface area contributed by atoms with E-state index in [1.54, 1.807) is 4.90 Å². The summed E-state index contributed by atoms with van der Waals surface area (Å²) in [6, 6.07) is 13.5. The number of morpholine rings is 1. The first kappa shape index (κ1) is 21.4. The third-order valence-electron chi connectivity index (χ3n) is 4.52. The van der Waals surface area contributed by atoms with E-state index in [1.807, 2.05) is 30.3 Å². The van der Waals surface area contributed by atoms with Gasteiger partial charge in [0.25, 0.3) is 12.4 Å². The Morgan fingerprint density at radius 2 is 1.86 bits per heavy atom. The highest BCUT2D eigenvalue weighted by atomic mass is 19.1. The number of aromatic hydroxyl groups is 1. The Balaban J connectivity index is 0.000000878. The summed E-state index contributed by atoms with van der Waals surface area (Å²) in [6.45, 7) is 4.73. The summed E-state index contributed by atoms with van der Waals surface area (Å²) in [6.07, 6.45) is -0.307. The lowest BCUT2D eigenvalue weighted by Crippen LogP contribution is -2.48. The van der Waals surface area contributed by atoms with Crippen molar-refractivity contribution in [3.05, 3.63) is 65.5 Å². The fraction of sp³-hybridized carbons (Fsp3) is 0.333. The number of halogens is 1. The molecule has 1 fully saturated rings. The van der Waals surface area contributed by atoms with Crippen molar-refractivity contribution in [1.82, 2.24) is 4.90 Å². The minimum atomic E-state index is -0.792. The van der Waals surface area contributed by atoms with Gasteiger partial charge in [-0.3, -0.25) is 9.59 Å². The Labute approximate surface area is 163 Å². The largest absolute Gasteiger partial charge is 0.505 e. The van der Waals surface area contributed by atoms with Crippen LogP contribution in [0.4, 0.5) is 4.39 Å². The Hall–Kier alpha value is -2.93. The van der Waals surface area contributed by atoms with E-state index in [4.69, 9.17) is 14.6 Å². The predicted octanol–water partition coefficient (Wildman–Crippen LogP) is 3.47. The number of ether oxygens (including phenoxy) is 1. The lowest BCUT2D eigenvalue weighted by Gasteiger charge is -2.40. The van der Waals surface area contributed by atoms with Gasteiger partial charge in [0.1, 0.15) is 6.10 Å². The standard InChI is InChI=1S/C20H22FNO3.CH2O2/c1-13(2)18-11-22(12-19(25-18)14-6-4-3-5-7-14)20(24)15-8-9-17(23)16(21)10-15;2-1-3/h3-10,13,18-19,23H,11-12H2,1-2H3;1H,(H,2,3)/t18-,19+;/m1./s1. The van der Waals surface area contributed by atoms with Crippen LogP contribution >= 0.6 is 0 Å². The number of nitrogens with zero attached hydrogens (tertiary/aromatic N) is 1. The van der Waals surface area contributed by atoms with E-state index in [0.717, 1.165) is 11.6 Å². The van der Waals surface area contributed by atoms with Crippen LogP contribution < -0.4 is 0 Å². The third kappa shape index (κ3) is 5.29. The van der Waals surface area contributed by atoms with Crippen LogP contribution in [0.25, 0.3) is 0 Å². The highest BCUT2D eigenvalue weighted by Gasteiger charge is 2.33. The maximum Gasteiger partial charge on any atom is 0.290 e. The summed E-state index contributed by atoms with van der Waals surface area (Å²) in [5.41, 5.74) is 1.24. The number of phenols is 1. The maximum atomic E-state index is 13.6. The molecule has 0 aromatic heterocycles.